The number of carboxylic acid groups (broad SMARTS) is 1. The molecule has 0 aromatic heterocycles. The van der Waals surface area contributed by atoms with E-state index in [1.165, 1.54) is 5.56 Å². The minimum Gasteiger partial charge on any atom is -0.482 e. The molecule has 1 saturated heterocycles. The maximum atomic E-state index is 12.9. The quantitative estimate of drug-likeness (QED) is 0.507. The molecule has 182 valence electrons. The number of carbonyl (C=O) groups excluding carboxylic acids is 2. The highest BCUT2D eigenvalue weighted by molar-refractivity contribution is 5.94. The van der Waals surface area contributed by atoms with Crippen LogP contribution in [0.2, 0.25) is 0 Å². The van der Waals surface area contributed by atoms with Crippen LogP contribution in [0, 0.1) is 0 Å². The molecule has 0 spiro atoms. The van der Waals surface area contributed by atoms with Crippen molar-refractivity contribution in [1.82, 2.24) is 10.2 Å². The molecule has 8 nitrogen and oxygen atoms in total. The van der Waals surface area contributed by atoms with E-state index in [9.17, 15) is 14.4 Å². The zero-order valence-electron chi connectivity index (χ0n) is 19.5. The number of carbonyl (C=O) groups is 3. The molecule has 2 aromatic carbocycles. The monoisotopic (exact) mass is 468 g/mol. The van der Waals surface area contributed by atoms with E-state index in [2.05, 4.69) is 17.4 Å². The lowest BCUT2D eigenvalue weighted by Crippen LogP contribution is -2.38. The SMILES string of the molecule is CCCCOC(=O)NCc1cccc(C2CCN(C(=O)c3cccc(OCC(=O)O)c3)CC2)c1. The molecule has 1 aliphatic rings. The number of carboxylic acids is 1. The fourth-order valence-electron chi connectivity index (χ4n) is 3.95. The van der Waals surface area contributed by atoms with E-state index < -0.39 is 18.7 Å². The lowest BCUT2D eigenvalue weighted by atomic mass is 9.88. The molecule has 2 N–H and O–H groups in total. The number of likely N-dealkylation sites (tertiary alicyclic amines) is 1. The van der Waals surface area contributed by atoms with Gasteiger partial charge in [-0.3, -0.25) is 4.79 Å². The second-order valence-corrected chi connectivity index (χ2v) is 8.36. The van der Waals surface area contributed by atoms with Gasteiger partial charge in [0.15, 0.2) is 6.61 Å². The fourth-order valence-corrected chi connectivity index (χ4v) is 3.95. The molecule has 2 amide bonds. The summed E-state index contributed by atoms with van der Waals surface area (Å²) in [6, 6.07) is 14.8. The van der Waals surface area contributed by atoms with E-state index in [1.54, 1.807) is 24.3 Å². The Balaban J connectivity index is 1.51. The van der Waals surface area contributed by atoms with Crippen molar-refractivity contribution >= 4 is 18.0 Å². The average Bonchev–Trinajstić information content (AvgIpc) is 2.86. The Morgan fingerprint density at radius 3 is 2.59 bits per heavy atom. The summed E-state index contributed by atoms with van der Waals surface area (Å²) in [4.78, 5) is 37.2. The van der Waals surface area contributed by atoms with Gasteiger partial charge in [-0.05, 0) is 54.5 Å². The van der Waals surface area contributed by atoms with E-state index in [-0.39, 0.29) is 5.91 Å². The number of nitrogens with one attached hydrogen (secondary N) is 1. The third kappa shape index (κ3) is 7.50. The van der Waals surface area contributed by atoms with Gasteiger partial charge in [0.25, 0.3) is 5.91 Å². The summed E-state index contributed by atoms with van der Waals surface area (Å²) in [7, 11) is 0. The number of amides is 2. The average molecular weight is 469 g/mol. The number of nitrogens with zero attached hydrogens (tertiary/aromatic N) is 1. The smallest absolute Gasteiger partial charge is 0.407 e. The lowest BCUT2D eigenvalue weighted by Gasteiger charge is -2.32. The van der Waals surface area contributed by atoms with Gasteiger partial charge in [0.1, 0.15) is 5.75 Å². The van der Waals surface area contributed by atoms with Gasteiger partial charge in [-0.15, -0.1) is 0 Å². The van der Waals surface area contributed by atoms with Crippen LogP contribution in [-0.4, -0.2) is 54.3 Å². The molecule has 3 rings (SSSR count). The van der Waals surface area contributed by atoms with Crippen molar-refractivity contribution in [2.75, 3.05) is 26.3 Å². The minimum atomic E-state index is -1.06. The molecule has 2 aromatic rings. The first-order valence-corrected chi connectivity index (χ1v) is 11.7. The van der Waals surface area contributed by atoms with Crippen LogP contribution in [0.4, 0.5) is 4.79 Å². The molecule has 0 atom stereocenters. The third-order valence-electron chi connectivity index (χ3n) is 5.82. The van der Waals surface area contributed by atoms with Gasteiger partial charge in [-0.25, -0.2) is 9.59 Å². The molecule has 0 saturated carbocycles. The summed E-state index contributed by atoms with van der Waals surface area (Å²) in [5.74, 6) is -0.446. The second-order valence-electron chi connectivity index (χ2n) is 8.36. The number of unbranched alkanes of at least 4 members (excludes halogenated alkanes) is 1. The molecule has 0 unspecified atom stereocenters. The van der Waals surface area contributed by atoms with Crippen LogP contribution in [-0.2, 0) is 16.1 Å². The second kappa shape index (κ2) is 12.6. The highest BCUT2D eigenvalue weighted by Crippen LogP contribution is 2.29. The number of aliphatic carboxylic acids is 1. The van der Waals surface area contributed by atoms with Crippen LogP contribution in [0.15, 0.2) is 48.5 Å². The van der Waals surface area contributed by atoms with E-state index in [1.807, 2.05) is 24.0 Å². The number of piperidine rings is 1. The van der Waals surface area contributed by atoms with Crippen molar-refractivity contribution in [3.8, 4) is 5.75 Å². The number of hydrogen-bond acceptors (Lipinski definition) is 5. The lowest BCUT2D eigenvalue weighted by molar-refractivity contribution is -0.139. The van der Waals surface area contributed by atoms with Crippen molar-refractivity contribution in [3.05, 3.63) is 65.2 Å². The molecule has 0 bridgehead atoms. The van der Waals surface area contributed by atoms with Gasteiger partial charge in [0.05, 0.1) is 6.61 Å². The van der Waals surface area contributed by atoms with Crippen LogP contribution in [0.3, 0.4) is 0 Å². The third-order valence-corrected chi connectivity index (χ3v) is 5.82. The van der Waals surface area contributed by atoms with Gasteiger partial charge in [0.2, 0.25) is 0 Å². The van der Waals surface area contributed by atoms with Crippen molar-refractivity contribution in [2.24, 2.45) is 0 Å². The van der Waals surface area contributed by atoms with Crippen molar-refractivity contribution in [2.45, 2.75) is 45.1 Å². The Morgan fingerprint density at radius 1 is 1.09 bits per heavy atom. The summed E-state index contributed by atoms with van der Waals surface area (Å²) >= 11 is 0. The van der Waals surface area contributed by atoms with Gasteiger partial charge in [-0.2, -0.15) is 0 Å². The number of benzene rings is 2. The fraction of sp³-hybridized carbons (Fsp3) is 0.423. The molecule has 0 radical (unpaired) electrons. The van der Waals surface area contributed by atoms with Crippen LogP contribution in [0.1, 0.15) is 60.0 Å². The Labute approximate surface area is 199 Å². The number of ether oxygens (including phenoxy) is 2. The normalized spacial score (nSPS) is 13.9. The number of rotatable bonds is 10. The summed E-state index contributed by atoms with van der Waals surface area (Å²) in [6.07, 6.45) is 3.12. The van der Waals surface area contributed by atoms with Crippen LogP contribution >= 0.6 is 0 Å². The van der Waals surface area contributed by atoms with Crippen molar-refractivity contribution < 1.29 is 29.0 Å². The van der Waals surface area contributed by atoms with Gasteiger partial charge in [-0.1, -0.05) is 43.7 Å². The van der Waals surface area contributed by atoms with E-state index in [0.717, 1.165) is 31.2 Å². The Kier molecular flexibility index (Phi) is 9.31. The van der Waals surface area contributed by atoms with Crippen LogP contribution in [0.5, 0.6) is 5.75 Å². The predicted octanol–water partition coefficient (Wildman–Crippen LogP) is 4.20. The first-order valence-electron chi connectivity index (χ1n) is 11.7. The first kappa shape index (κ1) is 25.1. The molecular formula is C26H32N2O6. The number of hydrogen-bond donors (Lipinski definition) is 2. The van der Waals surface area contributed by atoms with E-state index in [0.29, 0.717) is 43.5 Å². The maximum absolute atomic E-state index is 12.9. The minimum absolute atomic E-state index is 0.0845. The summed E-state index contributed by atoms with van der Waals surface area (Å²) in [5, 5.41) is 11.6. The maximum Gasteiger partial charge on any atom is 0.407 e. The molecule has 0 aliphatic carbocycles. The molecule has 1 aliphatic heterocycles. The van der Waals surface area contributed by atoms with E-state index >= 15 is 0 Å². The van der Waals surface area contributed by atoms with E-state index in [4.69, 9.17) is 14.6 Å². The summed E-state index contributed by atoms with van der Waals surface area (Å²) < 4.78 is 10.3. The van der Waals surface area contributed by atoms with Gasteiger partial charge >= 0.3 is 12.1 Å². The van der Waals surface area contributed by atoms with Crippen molar-refractivity contribution in [3.63, 3.8) is 0 Å². The predicted molar refractivity (Wildman–Crippen MR) is 127 cm³/mol. The number of alkyl carbamates (subject to hydrolysis) is 1. The highest BCUT2D eigenvalue weighted by atomic mass is 16.5. The standard InChI is InChI=1S/C26H32N2O6/c1-2-3-14-33-26(32)27-17-19-6-4-7-21(15-19)20-10-12-28(13-11-20)25(31)22-8-5-9-23(16-22)34-18-24(29)30/h4-9,15-16,20H,2-3,10-14,17-18H2,1H3,(H,27,32)(H,29,30). The van der Waals surface area contributed by atoms with Gasteiger partial charge in [0, 0.05) is 25.2 Å². The molecule has 8 heteroatoms. The Bertz CT molecular complexity index is 985. The Morgan fingerprint density at radius 2 is 1.85 bits per heavy atom. The largest absolute Gasteiger partial charge is 0.482 e. The zero-order valence-corrected chi connectivity index (χ0v) is 19.5. The summed E-state index contributed by atoms with van der Waals surface area (Å²) in [5.41, 5.74) is 2.71. The Hall–Kier alpha value is -3.55. The van der Waals surface area contributed by atoms with Gasteiger partial charge < -0.3 is 24.8 Å². The van der Waals surface area contributed by atoms with Crippen molar-refractivity contribution in [1.29, 1.82) is 0 Å². The molecular weight excluding hydrogens is 436 g/mol. The zero-order chi connectivity index (χ0) is 24.3. The van der Waals surface area contributed by atoms with Crippen LogP contribution in [0.25, 0.3) is 0 Å². The molecule has 34 heavy (non-hydrogen) atoms. The first-order chi connectivity index (χ1) is 16.5. The topological polar surface area (TPSA) is 105 Å². The van der Waals surface area contributed by atoms with Crippen LogP contribution < -0.4 is 10.1 Å². The highest BCUT2D eigenvalue weighted by Gasteiger charge is 2.25. The molecule has 1 fully saturated rings. The molecule has 1 heterocycles. The summed E-state index contributed by atoms with van der Waals surface area (Å²) in [6.45, 7) is 3.71.